The Labute approximate surface area is 161 Å². The second kappa shape index (κ2) is 6.88. The lowest BCUT2D eigenvalue weighted by molar-refractivity contribution is -0.141. The minimum absolute atomic E-state index is 0.237. The molecule has 0 N–H and O–H groups in total. The zero-order valence-electron chi connectivity index (χ0n) is 16.5. The number of fused-ring (bicyclic) bond motifs is 3. The number of aryl methyl sites for hydroxylation is 1. The van der Waals surface area contributed by atoms with Crippen LogP contribution in [0.25, 0.3) is 5.52 Å². The van der Waals surface area contributed by atoms with Gasteiger partial charge >= 0.3 is 0 Å². The molecule has 1 atom stereocenters. The predicted octanol–water partition coefficient (Wildman–Crippen LogP) is 4.52. The monoisotopic (exact) mass is 360 g/mol. The van der Waals surface area contributed by atoms with Gasteiger partial charge in [-0.15, -0.1) is 0 Å². The van der Waals surface area contributed by atoms with E-state index >= 15 is 0 Å². The van der Waals surface area contributed by atoms with Crippen LogP contribution in [0.4, 0.5) is 0 Å². The minimum atomic E-state index is -0.405. The van der Waals surface area contributed by atoms with E-state index in [1.165, 1.54) is 22.3 Å². The number of carbonyl (C=O) groups excluding carboxylic acids is 1. The van der Waals surface area contributed by atoms with Crippen molar-refractivity contribution in [1.29, 1.82) is 0 Å². The molecule has 0 spiro atoms. The molecule has 3 nitrogen and oxygen atoms in total. The van der Waals surface area contributed by atoms with E-state index in [1.54, 1.807) is 0 Å². The van der Waals surface area contributed by atoms with Gasteiger partial charge in [-0.1, -0.05) is 50.2 Å². The zero-order valence-corrected chi connectivity index (χ0v) is 16.5. The molecule has 0 bridgehead atoms. The molecular weight excluding hydrogens is 332 g/mol. The van der Waals surface area contributed by atoms with Crippen LogP contribution >= 0.6 is 0 Å². The van der Waals surface area contributed by atoms with Gasteiger partial charge in [-0.3, -0.25) is 4.79 Å². The van der Waals surface area contributed by atoms with Gasteiger partial charge in [0.05, 0.1) is 0 Å². The quantitative estimate of drug-likeness (QED) is 0.671. The molecule has 3 heteroatoms. The predicted molar refractivity (Wildman–Crippen MR) is 110 cm³/mol. The first-order chi connectivity index (χ1) is 13.0. The topological polar surface area (TPSA) is 24.7 Å². The van der Waals surface area contributed by atoms with E-state index in [4.69, 9.17) is 0 Å². The summed E-state index contributed by atoms with van der Waals surface area (Å²) in [5.74, 6) is 0.237. The number of nitrogens with zero attached hydrogens (tertiary/aromatic N) is 2. The van der Waals surface area contributed by atoms with E-state index in [-0.39, 0.29) is 11.9 Å². The Hall–Kier alpha value is -2.55. The number of hydrogen-bond donors (Lipinski definition) is 0. The zero-order chi connectivity index (χ0) is 19.0. The van der Waals surface area contributed by atoms with Gasteiger partial charge in [0.2, 0.25) is 5.91 Å². The second-order valence-corrected chi connectivity index (χ2v) is 8.47. The fourth-order valence-electron chi connectivity index (χ4n) is 4.49. The molecule has 3 aromatic rings. The van der Waals surface area contributed by atoms with Crippen molar-refractivity contribution < 1.29 is 4.79 Å². The van der Waals surface area contributed by atoms with E-state index in [1.807, 2.05) is 30.1 Å². The third kappa shape index (κ3) is 3.39. The molecule has 1 aromatic carbocycles. The highest BCUT2D eigenvalue weighted by Crippen LogP contribution is 2.31. The van der Waals surface area contributed by atoms with E-state index in [2.05, 4.69) is 60.8 Å². The van der Waals surface area contributed by atoms with Crippen LogP contribution in [-0.4, -0.2) is 28.3 Å². The first-order valence-corrected chi connectivity index (χ1v) is 9.85. The van der Waals surface area contributed by atoms with Crippen molar-refractivity contribution in [3.05, 3.63) is 77.6 Å². The molecule has 1 amide bonds. The Morgan fingerprint density at radius 2 is 1.89 bits per heavy atom. The summed E-state index contributed by atoms with van der Waals surface area (Å²) in [5, 5.41) is 0. The average molecular weight is 361 g/mol. The number of aromatic nitrogens is 1. The smallest absolute Gasteiger partial charge is 0.228 e. The van der Waals surface area contributed by atoms with Crippen molar-refractivity contribution in [2.45, 2.75) is 45.6 Å². The van der Waals surface area contributed by atoms with Gasteiger partial charge in [0.25, 0.3) is 0 Å². The van der Waals surface area contributed by atoms with Gasteiger partial charge in [-0.05, 0) is 48.6 Å². The van der Waals surface area contributed by atoms with Gasteiger partial charge in [-0.25, -0.2) is 0 Å². The van der Waals surface area contributed by atoms with Gasteiger partial charge in [0, 0.05) is 42.3 Å². The summed E-state index contributed by atoms with van der Waals surface area (Å²) in [6, 6.07) is 19.2. The van der Waals surface area contributed by atoms with Gasteiger partial charge in [0.1, 0.15) is 0 Å². The summed E-state index contributed by atoms with van der Waals surface area (Å²) in [6.45, 7) is 4.14. The molecule has 27 heavy (non-hydrogen) atoms. The van der Waals surface area contributed by atoms with Crippen molar-refractivity contribution in [3.63, 3.8) is 0 Å². The molecule has 0 radical (unpaired) electrons. The summed E-state index contributed by atoms with van der Waals surface area (Å²) in [7, 11) is 1.99. The van der Waals surface area contributed by atoms with Crippen LogP contribution in [-0.2, 0) is 24.1 Å². The number of hydrogen-bond acceptors (Lipinski definition) is 1. The molecule has 2 aromatic heterocycles. The number of amides is 1. The Bertz CT molecular complexity index is 955. The van der Waals surface area contributed by atoms with Crippen molar-refractivity contribution in [2.75, 3.05) is 7.05 Å². The van der Waals surface area contributed by atoms with E-state index in [0.717, 1.165) is 25.7 Å². The SMILES string of the molecule is CN(C(=O)C(C)(C)Cc1ccccc1)[C@@H]1CCc2cc3ccccn3c2C1. The van der Waals surface area contributed by atoms with E-state index < -0.39 is 5.41 Å². The Morgan fingerprint density at radius 1 is 1.15 bits per heavy atom. The number of carbonyl (C=O) groups is 1. The van der Waals surface area contributed by atoms with Crippen molar-refractivity contribution >= 4 is 11.4 Å². The minimum Gasteiger partial charge on any atom is -0.342 e. The summed E-state index contributed by atoms with van der Waals surface area (Å²) >= 11 is 0. The molecule has 1 aliphatic carbocycles. The van der Waals surface area contributed by atoms with E-state index in [0.29, 0.717) is 0 Å². The van der Waals surface area contributed by atoms with Crippen LogP contribution < -0.4 is 0 Å². The molecule has 1 aliphatic rings. The molecule has 0 saturated heterocycles. The molecule has 0 aliphatic heterocycles. The number of pyridine rings is 1. The Balaban J connectivity index is 1.52. The largest absolute Gasteiger partial charge is 0.342 e. The number of likely N-dealkylation sites (N-methyl/N-ethyl adjacent to an activating group) is 1. The molecule has 0 unspecified atom stereocenters. The van der Waals surface area contributed by atoms with Crippen LogP contribution in [0.5, 0.6) is 0 Å². The maximum atomic E-state index is 13.3. The number of rotatable bonds is 4. The maximum Gasteiger partial charge on any atom is 0.228 e. The van der Waals surface area contributed by atoms with Gasteiger partial charge in [-0.2, -0.15) is 0 Å². The van der Waals surface area contributed by atoms with Gasteiger partial charge < -0.3 is 9.30 Å². The first-order valence-electron chi connectivity index (χ1n) is 9.85. The highest BCUT2D eigenvalue weighted by Gasteiger charge is 2.35. The summed E-state index contributed by atoms with van der Waals surface area (Å²) in [5.41, 5.74) is 4.86. The third-order valence-corrected chi connectivity index (χ3v) is 5.99. The normalized spacial score (nSPS) is 16.9. The molecule has 140 valence electrons. The summed E-state index contributed by atoms with van der Waals surface area (Å²) < 4.78 is 2.29. The molecule has 4 rings (SSSR count). The number of benzene rings is 1. The van der Waals surface area contributed by atoms with E-state index in [9.17, 15) is 4.79 Å². The standard InChI is InChI=1S/C24H28N2O/c1-24(2,17-18-9-5-4-6-10-18)23(27)25(3)20-13-12-19-15-21-11-7-8-14-26(21)22(19)16-20/h4-11,14-15,20H,12-13,16-17H2,1-3H3/t20-/m1/s1. The average Bonchev–Trinajstić information content (AvgIpc) is 3.05. The lowest BCUT2D eigenvalue weighted by Crippen LogP contribution is -2.47. The van der Waals surface area contributed by atoms with Crippen LogP contribution in [0.1, 0.15) is 37.1 Å². The van der Waals surface area contributed by atoms with Crippen LogP contribution in [0.2, 0.25) is 0 Å². The van der Waals surface area contributed by atoms with Crippen molar-refractivity contribution in [3.8, 4) is 0 Å². The van der Waals surface area contributed by atoms with Crippen LogP contribution in [0, 0.1) is 5.41 Å². The molecule has 0 saturated carbocycles. The highest BCUT2D eigenvalue weighted by molar-refractivity contribution is 5.82. The first kappa shape index (κ1) is 17.8. The lowest BCUT2D eigenvalue weighted by atomic mass is 9.83. The molecule has 0 fully saturated rings. The molecular formula is C24H28N2O. The lowest BCUT2D eigenvalue weighted by Gasteiger charge is -2.37. The Morgan fingerprint density at radius 3 is 2.67 bits per heavy atom. The van der Waals surface area contributed by atoms with Crippen LogP contribution in [0.15, 0.2) is 60.8 Å². The molecule has 2 heterocycles. The fraction of sp³-hybridized carbons (Fsp3) is 0.375. The fourth-order valence-corrected chi connectivity index (χ4v) is 4.49. The summed E-state index contributed by atoms with van der Waals surface area (Å²) in [4.78, 5) is 15.3. The van der Waals surface area contributed by atoms with Crippen molar-refractivity contribution in [2.24, 2.45) is 5.41 Å². The second-order valence-electron chi connectivity index (χ2n) is 8.47. The van der Waals surface area contributed by atoms with Crippen LogP contribution in [0.3, 0.4) is 0 Å². The third-order valence-electron chi connectivity index (χ3n) is 5.99. The Kier molecular flexibility index (Phi) is 4.55. The van der Waals surface area contributed by atoms with Gasteiger partial charge in [0.15, 0.2) is 0 Å². The van der Waals surface area contributed by atoms with Crippen molar-refractivity contribution in [1.82, 2.24) is 9.30 Å². The maximum absolute atomic E-state index is 13.3. The summed E-state index contributed by atoms with van der Waals surface area (Å²) in [6.07, 6.45) is 5.91. The highest BCUT2D eigenvalue weighted by atomic mass is 16.2.